The van der Waals surface area contributed by atoms with Crippen LogP contribution in [0, 0.1) is 0 Å². The number of para-hydroxylation sites is 1. The van der Waals surface area contributed by atoms with Gasteiger partial charge in [0.15, 0.2) is 0 Å². The molecular formula is C9H4F3NO2. The Bertz CT molecular complexity index is 559. The Morgan fingerprint density at radius 3 is 2.53 bits per heavy atom. The average Bonchev–Trinajstić information content (AvgIpc) is 2.16. The molecule has 2 aromatic rings. The summed E-state index contributed by atoms with van der Waals surface area (Å²) in [7, 11) is 0. The largest absolute Gasteiger partial charge is 0.469 e. The summed E-state index contributed by atoms with van der Waals surface area (Å²) in [6.07, 6.45) is -4.75. The lowest BCUT2D eigenvalue weighted by atomic mass is 10.2. The highest BCUT2D eigenvalue weighted by Gasteiger charge is 2.37. The van der Waals surface area contributed by atoms with Crippen molar-refractivity contribution in [3.8, 4) is 0 Å². The van der Waals surface area contributed by atoms with Gasteiger partial charge in [-0.25, -0.2) is 0 Å². The van der Waals surface area contributed by atoms with E-state index < -0.39 is 17.6 Å². The molecule has 0 fully saturated rings. The molecule has 1 aromatic heterocycles. The van der Waals surface area contributed by atoms with Crippen molar-refractivity contribution >= 4 is 11.0 Å². The first-order chi connectivity index (χ1) is 6.98. The Kier molecular flexibility index (Phi) is 1.99. The predicted octanol–water partition coefficient (Wildman–Crippen LogP) is 2.21. The van der Waals surface area contributed by atoms with Crippen LogP contribution in [-0.2, 0) is 6.18 Å². The van der Waals surface area contributed by atoms with E-state index in [9.17, 15) is 18.0 Å². The summed E-state index contributed by atoms with van der Waals surface area (Å²) in [5, 5.41) is 0.0329. The van der Waals surface area contributed by atoms with Gasteiger partial charge < -0.3 is 4.42 Å². The second-order valence-corrected chi connectivity index (χ2v) is 2.82. The Labute approximate surface area is 81.2 Å². The lowest BCUT2D eigenvalue weighted by Crippen LogP contribution is -2.16. The van der Waals surface area contributed by atoms with Crippen LogP contribution in [0.3, 0.4) is 0 Å². The van der Waals surface area contributed by atoms with Crippen LogP contribution in [0.15, 0.2) is 33.5 Å². The minimum atomic E-state index is -4.75. The molecule has 6 heteroatoms. The summed E-state index contributed by atoms with van der Waals surface area (Å²) < 4.78 is 41.1. The summed E-state index contributed by atoms with van der Waals surface area (Å²) in [6, 6.07) is 5.64. The Balaban J connectivity index is 2.79. The topological polar surface area (TPSA) is 43.1 Å². The summed E-state index contributed by atoms with van der Waals surface area (Å²) in [6.45, 7) is 0. The fraction of sp³-hybridized carbons (Fsp3) is 0.111. The quantitative estimate of drug-likeness (QED) is 0.676. The molecule has 0 aliphatic rings. The van der Waals surface area contributed by atoms with E-state index in [0.29, 0.717) is 0 Å². The van der Waals surface area contributed by atoms with Gasteiger partial charge in [0, 0.05) is 0 Å². The maximum atomic E-state index is 12.2. The number of halogens is 3. The molecule has 0 spiro atoms. The molecule has 15 heavy (non-hydrogen) atoms. The summed E-state index contributed by atoms with van der Waals surface area (Å²) in [5.74, 6) is -1.52. The van der Waals surface area contributed by atoms with Gasteiger partial charge in [0.25, 0.3) is 5.56 Å². The SMILES string of the molecule is O=c1nc(C(F)(F)F)oc2ccccc12. The number of alkyl halides is 3. The molecule has 2 rings (SSSR count). The van der Waals surface area contributed by atoms with Gasteiger partial charge in [0.05, 0.1) is 5.39 Å². The summed E-state index contributed by atoms with van der Waals surface area (Å²) in [5.41, 5.74) is -1.06. The van der Waals surface area contributed by atoms with Crippen LogP contribution in [0.5, 0.6) is 0 Å². The second kappa shape index (κ2) is 3.08. The molecule has 78 valence electrons. The van der Waals surface area contributed by atoms with Crippen molar-refractivity contribution in [1.29, 1.82) is 0 Å². The maximum absolute atomic E-state index is 12.2. The highest BCUT2D eigenvalue weighted by Crippen LogP contribution is 2.28. The molecule has 0 atom stereocenters. The molecule has 0 radical (unpaired) electrons. The average molecular weight is 215 g/mol. The van der Waals surface area contributed by atoms with Crippen molar-refractivity contribution in [3.05, 3.63) is 40.5 Å². The van der Waals surface area contributed by atoms with Crippen LogP contribution in [0.2, 0.25) is 0 Å². The van der Waals surface area contributed by atoms with Crippen molar-refractivity contribution in [1.82, 2.24) is 4.98 Å². The van der Waals surface area contributed by atoms with E-state index in [4.69, 9.17) is 0 Å². The smallest absolute Gasteiger partial charge is 0.434 e. The molecule has 0 bridgehead atoms. The summed E-state index contributed by atoms with van der Waals surface area (Å²) in [4.78, 5) is 14.0. The third kappa shape index (κ3) is 1.70. The van der Waals surface area contributed by atoms with Gasteiger partial charge in [-0.2, -0.15) is 18.2 Å². The highest BCUT2D eigenvalue weighted by atomic mass is 19.4. The number of rotatable bonds is 0. The lowest BCUT2D eigenvalue weighted by molar-refractivity contribution is -0.157. The molecule has 0 amide bonds. The Morgan fingerprint density at radius 2 is 1.87 bits per heavy atom. The minimum absolute atomic E-state index is 0.0329. The molecule has 0 aliphatic heterocycles. The molecule has 0 aliphatic carbocycles. The Hall–Kier alpha value is -1.85. The number of aromatic nitrogens is 1. The van der Waals surface area contributed by atoms with Gasteiger partial charge in [-0.3, -0.25) is 4.79 Å². The molecule has 3 nitrogen and oxygen atoms in total. The van der Waals surface area contributed by atoms with Crippen LogP contribution < -0.4 is 5.56 Å². The van der Waals surface area contributed by atoms with E-state index in [1.165, 1.54) is 24.3 Å². The first kappa shape index (κ1) is 9.70. The minimum Gasteiger partial charge on any atom is -0.434 e. The van der Waals surface area contributed by atoms with Crippen molar-refractivity contribution in [2.75, 3.05) is 0 Å². The molecule has 1 aromatic carbocycles. The van der Waals surface area contributed by atoms with Gasteiger partial charge in [-0.05, 0) is 12.1 Å². The van der Waals surface area contributed by atoms with Gasteiger partial charge in [-0.15, -0.1) is 0 Å². The maximum Gasteiger partial charge on any atom is 0.469 e. The van der Waals surface area contributed by atoms with Crippen molar-refractivity contribution < 1.29 is 17.6 Å². The molecule has 0 saturated carbocycles. The van der Waals surface area contributed by atoms with Gasteiger partial charge in [0.2, 0.25) is 0 Å². The number of hydrogen-bond donors (Lipinski definition) is 0. The summed E-state index contributed by atoms with van der Waals surface area (Å²) >= 11 is 0. The van der Waals surface area contributed by atoms with E-state index in [2.05, 4.69) is 9.40 Å². The highest BCUT2D eigenvalue weighted by molar-refractivity contribution is 5.74. The molecule has 0 N–H and O–H groups in total. The van der Waals surface area contributed by atoms with Crippen LogP contribution >= 0.6 is 0 Å². The zero-order chi connectivity index (χ0) is 11.1. The number of nitrogens with zero attached hydrogens (tertiary/aromatic N) is 1. The lowest BCUT2D eigenvalue weighted by Gasteiger charge is -2.04. The van der Waals surface area contributed by atoms with E-state index >= 15 is 0 Å². The molecule has 0 unspecified atom stereocenters. The predicted molar refractivity (Wildman–Crippen MR) is 45.3 cm³/mol. The van der Waals surface area contributed by atoms with E-state index in [1.807, 2.05) is 0 Å². The fourth-order valence-corrected chi connectivity index (χ4v) is 1.13. The van der Waals surface area contributed by atoms with Crippen LogP contribution in [-0.4, -0.2) is 4.98 Å². The number of fused-ring (bicyclic) bond motifs is 1. The molecule has 1 heterocycles. The first-order valence-corrected chi connectivity index (χ1v) is 3.95. The van der Waals surface area contributed by atoms with Crippen LogP contribution in [0.4, 0.5) is 13.2 Å². The van der Waals surface area contributed by atoms with E-state index in [1.54, 1.807) is 0 Å². The Morgan fingerprint density at radius 1 is 1.20 bits per heavy atom. The number of benzene rings is 1. The third-order valence-corrected chi connectivity index (χ3v) is 1.77. The first-order valence-electron chi connectivity index (χ1n) is 3.95. The van der Waals surface area contributed by atoms with Gasteiger partial charge in [0.1, 0.15) is 5.58 Å². The zero-order valence-corrected chi connectivity index (χ0v) is 7.21. The van der Waals surface area contributed by atoms with E-state index in [-0.39, 0.29) is 11.0 Å². The van der Waals surface area contributed by atoms with Crippen molar-refractivity contribution in [2.24, 2.45) is 0 Å². The van der Waals surface area contributed by atoms with Gasteiger partial charge in [-0.1, -0.05) is 12.1 Å². The van der Waals surface area contributed by atoms with Gasteiger partial charge >= 0.3 is 12.1 Å². The van der Waals surface area contributed by atoms with Crippen LogP contribution in [0.25, 0.3) is 11.0 Å². The second-order valence-electron chi connectivity index (χ2n) is 2.82. The fourth-order valence-electron chi connectivity index (χ4n) is 1.13. The van der Waals surface area contributed by atoms with Crippen molar-refractivity contribution in [3.63, 3.8) is 0 Å². The normalized spacial score (nSPS) is 11.9. The molecular weight excluding hydrogens is 211 g/mol. The molecule has 0 saturated heterocycles. The standard InChI is InChI=1S/C9H4F3NO2/c10-9(11,12)8-13-7(14)5-3-1-2-4-6(5)15-8/h1-4H. The van der Waals surface area contributed by atoms with Crippen molar-refractivity contribution in [2.45, 2.75) is 6.18 Å². The third-order valence-electron chi connectivity index (χ3n) is 1.77. The van der Waals surface area contributed by atoms with Crippen LogP contribution in [0.1, 0.15) is 5.89 Å². The van der Waals surface area contributed by atoms with E-state index in [0.717, 1.165) is 0 Å². The monoisotopic (exact) mass is 215 g/mol. The number of hydrogen-bond acceptors (Lipinski definition) is 3. The zero-order valence-electron chi connectivity index (χ0n) is 7.21.